The second-order valence-electron chi connectivity index (χ2n) is 16.6. The molecule has 5 aliphatic rings. The van der Waals surface area contributed by atoms with Crippen molar-refractivity contribution in [3.8, 4) is 0 Å². The molecule has 15 atom stereocenters. The average molecular weight is 767 g/mol. The number of ether oxygens (including phenoxy) is 3. The Bertz CT molecular complexity index is 1680. The van der Waals surface area contributed by atoms with Gasteiger partial charge in [-0.15, -0.1) is 0 Å². The van der Waals surface area contributed by atoms with Gasteiger partial charge < -0.3 is 39.7 Å². The van der Waals surface area contributed by atoms with Gasteiger partial charge in [-0.3, -0.25) is 14.4 Å². The number of Topliss-reactive ketones (excluding diaryl/α,β-unsaturated/α-hetero) is 1. The molecule has 302 valence electrons. The number of ketones is 1. The fraction of sp³-hybridized carbons (Fsp3) is 0.628. The number of hydrogen-bond donors (Lipinski definition) is 5. The number of aliphatic hydroxyl groups is 4. The van der Waals surface area contributed by atoms with E-state index in [-0.39, 0.29) is 30.1 Å². The van der Waals surface area contributed by atoms with E-state index < -0.39 is 90.3 Å². The summed E-state index contributed by atoms with van der Waals surface area (Å²) in [4.78, 5) is 51.2. The lowest BCUT2D eigenvalue weighted by atomic mass is 9.65. The van der Waals surface area contributed by atoms with Crippen molar-refractivity contribution in [1.82, 2.24) is 0 Å². The first-order valence-corrected chi connectivity index (χ1v) is 19.6. The molecule has 12 heteroatoms. The highest BCUT2D eigenvalue weighted by Crippen LogP contribution is 2.53. The molecule has 0 spiro atoms. The Kier molecular flexibility index (Phi) is 13.7. The number of aliphatic hydroxyl groups excluding tert-OH is 4. The quantitative estimate of drug-likeness (QED) is 0.0855. The van der Waals surface area contributed by atoms with Crippen LogP contribution in [0.1, 0.15) is 80.6 Å². The number of hydrogen-bond acceptors (Lipinski definition) is 11. The molecule has 1 saturated heterocycles. The Hall–Kier alpha value is -3.52. The number of allylic oxidation sites excluding steroid dienone is 7. The van der Waals surface area contributed by atoms with Crippen molar-refractivity contribution in [1.29, 1.82) is 0 Å². The van der Waals surface area contributed by atoms with Crippen LogP contribution in [0.15, 0.2) is 70.4 Å². The maximum Gasteiger partial charge on any atom is 0.338 e. The summed E-state index contributed by atoms with van der Waals surface area (Å²) >= 11 is 0. The predicted octanol–water partition coefficient (Wildman–Crippen LogP) is 4.53. The van der Waals surface area contributed by atoms with E-state index >= 15 is 0 Å². The molecule has 0 bridgehead atoms. The second kappa shape index (κ2) is 17.7. The fourth-order valence-electron chi connectivity index (χ4n) is 9.26. The molecule has 12 nitrogen and oxygen atoms in total. The Morgan fingerprint density at radius 1 is 1.04 bits per heavy atom. The van der Waals surface area contributed by atoms with Crippen molar-refractivity contribution < 1.29 is 58.9 Å². The standard InChI is InChI=1S/C43H58O12/c1-20(15-21(2)16-31(44)25(6)41(50)51)11-9-8-10-12-28-23(4)17-30-29(14-13-22(3)40(30)55-43-39(49)38(48)37(47)26(7)53-43)36-35(28)34-24(5)32(45)18-27(34)19-33(46)54-42(36)52/h8-12,17,19,21-22,24-26,28-32,36-37,39-40,43-45,47,49H,13-16,18H2,1-7H3,(H,50,51)/b9-8+,12-10+,20-11+,27-19?,35-34?/t21?,22?,24?,25?,26-,28?,29?,30?,31?,32?,36?,37-,39-,40?,43+/m0/s1. The van der Waals surface area contributed by atoms with E-state index in [1.165, 1.54) is 19.9 Å². The molecular formula is C43H58O12. The summed E-state index contributed by atoms with van der Waals surface area (Å²) in [6.07, 6.45) is 7.94. The minimum Gasteiger partial charge on any atom is -0.481 e. The number of esters is 2. The highest BCUT2D eigenvalue weighted by atomic mass is 16.7. The van der Waals surface area contributed by atoms with Gasteiger partial charge in [-0.2, -0.15) is 0 Å². The van der Waals surface area contributed by atoms with Gasteiger partial charge in [0.15, 0.2) is 18.2 Å². The lowest BCUT2D eigenvalue weighted by Gasteiger charge is -2.45. The molecule has 11 unspecified atom stereocenters. The number of carbonyl (C=O) groups is 4. The number of carboxylic acids is 1. The maximum absolute atomic E-state index is 14.2. The van der Waals surface area contributed by atoms with E-state index in [9.17, 15) is 44.7 Å². The van der Waals surface area contributed by atoms with Crippen LogP contribution in [-0.2, 0) is 33.4 Å². The number of fused-ring (bicyclic) bond motifs is 4. The number of rotatable bonds is 11. The summed E-state index contributed by atoms with van der Waals surface area (Å²) < 4.78 is 17.8. The van der Waals surface area contributed by atoms with Crippen LogP contribution in [0.3, 0.4) is 0 Å². The van der Waals surface area contributed by atoms with Crippen molar-refractivity contribution in [2.24, 2.45) is 47.3 Å². The molecule has 0 aromatic carbocycles. The Morgan fingerprint density at radius 2 is 1.75 bits per heavy atom. The SMILES string of the molecule is CC1=CC2C(CCC(C)C2O[C@H]2O[C@@H](C)[C@H](O)C(=O)[C@@H]2O)C2C(=O)OC(=O)C=C3CC(O)C(C)C3=C2C1/C=C/C=C/C=C(\C)CC(C)CC(O)C(C)C(=O)O. The Balaban J connectivity index is 1.51. The van der Waals surface area contributed by atoms with Crippen molar-refractivity contribution in [2.75, 3.05) is 0 Å². The predicted molar refractivity (Wildman–Crippen MR) is 202 cm³/mol. The Morgan fingerprint density at radius 3 is 2.44 bits per heavy atom. The third-order valence-corrected chi connectivity index (χ3v) is 12.4. The van der Waals surface area contributed by atoms with E-state index in [0.717, 1.165) is 22.3 Å². The van der Waals surface area contributed by atoms with Crippen LogP contribution in [0.5, 0.6) is 0 Å². The molecule has 0 radical (unpaired) electrons. The van der Waals surface area contributed by atoms with Gasteiger partial charge in [0.2, 0.25) is 0 Å². The zero-order valence-corrected chi connectivity index (χ0v) is 32.8. The summed E-state index contributed by atoms with van der Waals surface area (Å²) in [5.41, 5.74) is 4.19. The number of cyclic esters (lactones) is 2. The number of carbonyl (C=O) groups excluding carboxylic acids is 3. The van der Waals surface area contributed by atoms with Crippen LogP contribution in [0.4, 0.5) is 0 Å². The second-order valence-corrected chi connectivity index (χ2v) is 16.6. The van der Waals surface area contributed by atoms with Gasteiger partial charge in [0, 0.05) is 23.8 Å². The van der Waals surface area contributed by atoms with Crippen LogP contribution in [0.25, 0.3) is 0 Å². The largest absolute Gasteiger partial charge is 0.481 e. The monoisotopic (exact) mass is 766 g/mol. The van der Waals surface area contributed by atoms with Crippen molar-refractivity contribution in [2.45, 2.75) is 123 Å². The number of aliphatic carboxylic acids is 1. The van der Waals surface area contributed by atoms with Crippen LogP contribution in [0, 0.1) is 47.3 Å². The molecule has 2 heterocycles. The maximum atomic E-state index is 14.2. The number of carboxylic acid groups (broad SMARTS) is 1. The van der Waals surface area contributed by atoms with E-state index in [2.05, 4.69) is 6.08 Å². The van der Waals surface area contributed by atoms with Crippen LogP contribution in [-0.4, -0.2) is 92.1 Å². The van der Waals surface area contributed by atoms with Gasteiger partial charge in [-0.25, -0.2) is 4.79 Å². The zero-order chi connectivity index (χ0) is 40.5. The zero-order valence-electron chi connectivity index (χ0n) is 32.8. The highest BCUT2D eigenvalue weighted by Gasteiger charge is 2.53. The molecule has 3 aliphatic carbocycles. The summed E-state index contributed by atoms with van der Waals surface area (Å²) in [6, 6.07) is 0. The molecule has 2 saturated carbocycles. The summed E-state index contributed by atoms with van der Waals surface area (Å²) in [5.74, 6) is -6.53. The van der Waals surface area contributed by atoms with Crippen LogP contribution >= 0.6 is 0 Å². The molecule has 0 aromatic heterocycles. The first-order valence-electron chi connectivity index (χ1n) is 19.6. The third kappa shape index (κ3) is 9.21. The minimum atomic E-state index is -1.69. The smallest absolute Gasteiger partial charge is 0.338 e. The van der Waals surface area contributed by atoms with Gasteiger partial charge in [-0.1, -0.05) is 68.4 Å². The molecule has 55 heavy (non-hydrogen) atoms. The molecule has 3 fully saturated rings. The van der Waals surface area contributed by atoms with Gasteiger partial charge in [0.25, 0.3) is 0 Å². The van der Waals surface area contributed by atoms with Gasteiger partial charge in [0.1, 0.15) is 6.10 Å². The summed E-state index contributed by atoms with van der Waals surface area (Å²) in [7, 11) is 0. The molecule has 5 rings (SSSR count). The molecular weight excluding hydrogens is 708 g/mol. The van der Waals surface area contributed by atoms with Crippen LogP contribution < -0.4 is 0 Å². The summed E-state index contributed by atoms with van der Waals surface area (Å²) in [6.45, 7) is 12.9. The first kappa shape index (κ1) is 42.6. The third-order valence-electron chi connectivity index (χ3n) is 12.4. The van der Waals surface area contributed by atoms with E-state index in [1.54, 1.807) is 0 Å². The normalized spacial score (nSPS) is 37.6. The minimum absolute atomic E-state index is 0.0695. The molecule has 2 aliphatic heterocycles. The highest BCUT2D eigenvalue weighted by molar-refractivity contribution is 5.96. The Labute approximate surface area is 323 Å². The molecule has 0 aromatic rings. The lowest BCUT2D eigenvalue weighted by molar-refractivity contribution is -0.274. The van der Waals surface area contributed by atoms with E-state index in [0.29, 0.717) is 31.3 Å². The van der Waals surface area contributed by atoms with Gasteiger partial charge in [0.05, 0.1) is 36.3 Å². The van der Waals surface area contributed by atoms with Crippen molar-refractivity contribution in [3.05, 3.63) is 70.4 Å². The fourth-order valence-corrected chi connectivity index (χ4v) is 9.26. The molecule has 5 N–H and O–H groups in total. The van der Waals surface area contributed by atoms with Gasteiger partial charge >= 0.3 is 17.9 Å². The first-order chi connectivity index (χ1) is 25.9. The lowest BCUT2D eigenvalue weighted by Crippen LogP contribution is -2.57. The van der Waals surface area contributed by atoms with E-state index in [1.807, 2.05) is 65.0 Å². The summed E-state index contributed by atoms with van der Waals surface area (Å²) in [5, 5.41) is 51.6. The average Bonchev–Trinajstić information content (AvgIpc) is 3.30. The van der Waals surface area contributed by atoms with E-state index in [4.69, 9.17) is 14.2 Å². The topological polar surface area (TPSA) is 197 Å². The molecule has 0 amide bonds. The van der Waals surface area contributed by atoms with Gasteiger partial charge in [-0.05, 0) is 94.3 Å². The van der Waals surface area contributed by atoms with Crippen molar-refractivity contribution >= 4 is 23.7 Å². The van der Waals surface area contributed by atoms with Crippen molar-refractivity contribution in [3.63, 3.8) is 0 Å². The van der Waals surface area contributed by atoms with Crippen LogP contribution in [0.2, 0.25) is 0 Å².